The van der Waals surface area contributed by atoms with Gasteiger partial charge in [0, 0.05) is 12.1 Å². The Morgan fingerprint density at radius 1 is 1.54 bits per heavy atom. The van der Waals surface area contributed by atoms with E-state index in [1.807, 2.05) is 0 Å². The lowest BCUT2D eigenvalue weighted by Crippen LogP contribution is -2.27. The maximum absolute atomic E-state index is 9.13. The number of hydrogen-bond acceptors (Lipinski definition) is 2. The number of nitriles is 1. The van der Waals surface area contributed by atoms with Crippen molar-refractivity contribution in [2.24, 2.45) is 11.3 Å². The molecule has 0 heterocycles. The van der Waals surface area contributed by atoms with Gasteiger partial charge in [0.05, 0.1) is 11.5 Å². The van der Waals surface area contributed by atoms with E-state index in [4.69, 9.17) is 10.7 Å². The number of hydrogen-bond donors (Lipinski definition) is 1. The maximum atomic E-state index is 9.13. The molecule has 0 bridgehead atoms. The van der Waals surface area contributed by atoms with Crippen LogP contribution in [0.25, 0.3) is 0 Å². The van der Waals surface area contributed by atoms with Crippen LogP contribution in [-0.2, 0) is 0 Å². The highest BCUT2D eigenvalue weighted by molar-refractivity contribution is 5.79. The van der Waals surface area contributed by atoms with E-state index >= 15 is 0 Å². The Morgan fingerprint density at radius 2 is 2.08 bits per heavy atom. The normalized spacial score (nSPS) is 33.8. The van der Waals surface area contributed by atoms with Crippen molar-refractivity contribution >= 4 is 5.71 Å². The van der Waals surface area contributed by atoms with Crippen molar-refractivity contribution in [3.05, 3.63) is 0 Å². The van der Waals surface area contributed by atoms with Gasteiger partial charge in [-0.15, -0.1) is 0 Å². The molecule has 0 atom stereocenters. The summed E-state index contributed by atoms with van der Waals surface area (Å²) in [5.41, 5.74) is 0.453. The van der Waals surface area contributed by atoms with Crippen LogP contribution in [0.5, 0.6) is 0 Å². The highest BCUT2D eigenvalue weighted by atomic mass is 14.5. The second kappa shape index (κ2) is 3.91. The van der Waals surface area contributed by atoms with Gasteiger partial charge in [-0.3, -0.25) is 0 Å². The molecule has 1 N–H and O–H groups in total. The summed E-state index contributed by atoms with van der Waals surface area (Å²) in [5, 5.41) is 16.6. The summed E-state index contributed by atoms with van der Waals surface area (Å²) < 4.78 is 0. The number of nitrogens with zero attached hydrogens (tertiary/aromatic N) is 1. The van der Waals surface area contributed by atoms with E-state index in [1.165, 1.54) is 0 Å². The molecule has 72 valence electrons. The topological polar surface area (TPSA) is 47.6 Å². The summed E-state index contributed by atoms with van der Waals surface area (Å²) in [7, 11) is 0. The third-order valence-electron chi connectivity index (χ3n) is 3.07. The van der Waals surface area contributed by atoms with Crippen LogP contribution in [-0.4, -0.2) is 5.71 Å². The van der Waals surface area contributed by atoms with Crippen LogP contribution >= 0.6 is 0 Å². The summed E-state index contributed by atoms with van der Waals surface area (Å²) in [6.45, 7) is 4.05. The molecule has 0 aromatic carbocycles. The maximum Gasteiger partial charge on any atom is 0.0693 e. The molecule has 2 heteroatoms. The lowest BCUT2D eigenvalue weighted by molar-refractivity contribution is 0.227. The first-order valence-corrected chi connectivity index (χ1v) is 5.03. The largest absolute Gasteiger partial charge is 0.310 e. The van der Waals surface area contributed by atoms with Crippen molar-refractivity contribution < 1.29 is 0 Å². The molecule has 13 heavy (non-hydrogen) atoms. The smallest absolute Gasteiger partial charge is 0.0693 e. The van der Waals surface area contributed by atoms with Gasteiger partial charge in [0.15, 0.2) is 0 Å². The van der Waals surface area contributed by atoms with E-state index in [9.17, 15) is 0 Å². The first-order chi connectivity index (χ1) is 6.08. The van der Waals surface area contributed by atoms with E-state index < -0.39 is 0 Å². The molecule has 0 aromatic heterocycles. The molecule has 1 fully saturated rings. The second-order valence-electron chi connectivity index (χ2n) is 4.53. The number of rotatable bonds is 2. The lowest BCUT2D eigenvalue weighted by atomic mass is 9.69. The molecule has 0 saturated heterocycles. The summed E-state index contributed by atoms with van der Waals surface area (Å²) >= 11 is 0. The highest BCUT2D eigenvalue weighted by Gasteiger charge is 2.34. The zero-order chi connectivity index (χ0) is 9.90. The van der Waals surface area contributed by atoms with Crippen LogP contribution in [0.2, 0.25) is 0 Å². The summed E-state index contributed by atoms with van der Waals surface area (Å²) in [6.07, 6.45) is 4.96. The van der Waals surface area contributed by atoms with Crippen molar-refractivity contribution in [3.8, 4) is 6.07 Å². The van der Waals surface area contributed by atoms with Gasteiger partial charge in [-0.2, -0.15) is 5.26 Å². The molecule has 1 rings (SSSR count). The zero-order valence-electron chi connectivity index (χ0n) is 8.56. The number of nitrogens with one attached hydrogen (secondary N) is 1. The van der Waals surface area contributed by atoms with E-state index in [0.29, 0.717) is 12.1 Å². The first-order valence-electron chi connectivity index (χ1n) is 5.03. The Kier molecular flexibility index (Phi) is 3.08. The van der Waals surface area contributed by atoms with E-state index in [2.05, 4.69) is 13.0 Å². The fourth-order valence-electron chi connectivity index (χ4n) is 2.15. The molecule has 0 aliphatic heterocycles. The zero-order valence-corrected chi connectivity index (χ0v) is 8.56. The van der Waals surface area contributed by atoms with E-state index in [1.54, 1.807) is 6.92 Å². The van der Waals surface area contributed by atoms with Crippen molar-refractivity contribution in [1.29, 1.82) is 10.7 Å². The predicted molar refractivity (Wildman–Crippen MR) is 53.7 cm³/mol. The van der Waals surface area contributed by atoms with Crippen LogP contribution in [0.4, 0.5) is 0 Å². The first kappa shape index (κ1) is 10.2. The van der Waals surface area contributed by atoms with Crippen LogP contribution in [0, 0.1) is 28.1 Å². The molecule has 0 spiro atoms. The minimum absolute atomic E-state index is 0.196. The molecule has 1 aliphatic carbocycles. The summed E-state index contributed by atoms with van der Waals surface area (Å²) in [4.78, 5) is 0. The molecular weight excluding hydrogens is 160 g/mol. The molecule has 0 radical (unpaired) electrons. The third kappa shape index (κ3) is 2.55. The van der Waals surface area contributed by atoms with Crippen molar-refractivity contribution in [2.75, 3.05) is 0 Å². The van der Waals surface area contributed by atoms with Crippen LogP contribution in [0.15, 0.2) is 0 Å². The van der Waals surface area contributed by atoms with Crippen molar-refractivity contribution in [2.45, 2.75) is 46.0 Å². The van der Waals surface area contributed by atoms with Gasteiger partial charge in [-0.1, -0.05) is 6.92 Å². The van der Waals surface area contributed by atoms with Crippen LogP contribution in [0.3, 0.4) is 0 Å². The minimum atomic E-state index is -0.196. The standard InChI is InChI=1S/C11H18N2/c1-9-3-5-11(8-12,6-4-9)7-10(2)13/h9,13H,3-7H2,1-2H3. The van der Waals surface area contributed by atoms with Crippen molar-refractivity contribution in [1.82, 2.24) is 0 Å². The van der Waals surface area contributed by atoms with E-state index in [0.717, 1.165) is 31.6 Å². The van der Waals surface area contributed by atoms with Gasteiger partial charge in [0.2, 0.25) is 0 Å². The Bertz CT molecular complexity index is 229. The fraction of sp³-hybridized carbons (Fsp3) is 0.818. The Labute approximate surface area is 80.5 Å². The summed E-state index contributed by atoms with van der Waals surface area (Å²) in [5.74, 6) is 0.771. The monoisotopic (exact) mass is 178 g/mol. The lowest BCUT2D eigenvalue weighted by Gasteiger charge is -2.33. The molecule has 1 saturated carbocycles. The Morgan fingerprint density at radius 3 is 2.46 bits per heavy atom. The van der Waals surface area contributed by atoms with Crippen LogP contribution in [0.1, 0.15) is 46.0 Å². The molecular formula is C11H18N2. The molecule has 1 aliphatic rings. The fourth-order valence-corrected chi connectivity index (χ4v) is 2.15. The summed E-state index contributed by atoms with van der Waals surface area (Å²) in [6, 6.07) is 2.43. The third-order valence-corrected chi connectivity index (χ3v) is 3.07. The average Bonchev–Trinajstić information content (AvgIpc) is 2.09. The molecule has 0 unspecified atom stereocenters. The highest BCUT2D eigenvalue weighted by Crippen LogP contribution is 2.40. The van der Waals surface area contributed by atoms with E-state index in [-0.39, 0.29) is 5.41 Å². The molecule has 0 aromatic rings. The van der Waals surface area contributed by atoms with Gasteiger partial charge in [-0.25, -0.2) is 0 Å². The predicted octanol–water partition coefficient (Wildman–Crippen LogP) is 3.14. The van der Waals surface area contributed by atoms with Gasteiger partial charge in [-0.05, 0) is 38.5 Å². The Hall–Kier alpha value is -0.840. The minimum Gasteiger partial charge on any atom is -0.310 e. The Balaban J connectivity index is 2.62. The van der Waals surface area contributed by atoms with Gasteiger partial charge in [0.25, 0.3) is 0 Å². The quantitative estimate of drug-likeness (QED) is 0.649. The molecule has 0 amide bonds. The van der Waals surface area contributed by atoms with Crippen molar-refractivity contribution in [3.63, 3.8) is 0 Å². The van der Waals surface area contributed by atoms with Gasteiger partial charge >= 0.3 is 0 Å². The van der Waals surface area contributed by atoms with Crippen LogP contribution < -0.4 is 0 Å². The second-order valence-corrected chi connectivity index (χ2v) is 4.53. The molecule has 2 nitrogen and oxygen atoms in total. The van der Waals surface area contributed by atoms with Gasteiger partial charge < -0.3 is 5.41 Å². The SMILES string of the molecule is CC(=N)CC1(C#N)CCC(C)CC1. The van der Waals surface area contributed by atoms with Gasteiger partial charge in [0.1, 0.15) is 0 Å². The average molecular weight is 178 g/mol.